The fraction of sp³-hybridized carbons (Fsp3) is 0.261. The van der Waals surface area contributed by atoms with Crippen LogP contribution in [-0.4, -0.2) is 26.4 Å². The van der Waals surface area contributed by atoms with Crippen molar-refractivity contribution in [2.24, 2.45) is 0 Å². The van der Waals surface area contributed by atoms with Crippen LogP contribution in [0.2, 0.25) is 10.0 Å². The Bertz CT molecular complexity index is 1080. The lowest BCUT2D eigenvalue weighted by molar-refractivity contribution is -0.113. The SMILES string of the molecule is C=CCn1c(COc2ccc(C(C)C)cc2)nnc1SCC(=O)Nc1ccc(Cl)cc1Cl. The number of thioether (sulfide) groups is 1. The maximum Gasteiger partial charge on any atom is 0.234 e. The molecule has 6 nitrogen and oxygen atoms in total. The Hall–Kier alpha value is -2.48. The molecule has 0 radical (unpaired) electrons. The Morgan fingerprint density at radius 1 is 1.22 bits per heavy atom. The summed E-state index contributed by atoms with van der Waals surface area (Å²) in [5, 5.41) is 12.7. The number of nitrogens with zero attached hydrogens (tertiary/aromatic N) is 3. The van der Waals surface area contributed by atoms with Gasteiger partial charge in [-0.05, 0) is 41.8 Å². The van der Waals surface area contributed by atoms with Gasteiger partial charge in [0, 0.05) is 11.6 Å². The second-order valence-electron chi connectivity index (χ2n) is 7.27. The number of hydrogen-bond acceptors (Lipinski definition) is 5. The topological polar surface area (TPSA) is 69.0 Å². The molecule has 3 aromatic rings. The Labute approximate surface area is 202 Å². The van der Waals surface area contributed by atoms with Crippen molar-refractivity contribution in [3.63, 3.8) is 0 Å². The predicted octanol–water partition coefficient (Wildman–Crippen LogP) is 6.20. The van der Waals surface area contributed by atoms with Crippen molar-refractivity contribution in [2.75, 3.05) is 11.1 Å². The van der Waals surface area contributed by atoms with Crippen molar-refractivity contribution < 1.29 is 9.53 Å². The van der Waals surface area contributed by atoms with Gasteiger partial charge in [0.05, 0.1) is 16.5 Å². The minimum absolute atomic E-state index is 0.145. The molecule has 1 amide bonds. The van der Waals surface area contributed by atoms with E-state index in [4.69, 9.17) is 27.9 Å². The summed E-state index contributed by atoms with van der Waals surface area (Å²) in [4.78, 5) is 12.4. The molecule has 0 saturated carbocycles. The summed E-state index contributed by atoms with van der Waals surface area (Å²) in [7, 11) is 0. The molecule has 0 aliphatic heterocycles. The zero-order chi connectivity index (χ0) is 23.1. The molecule has 2 aromatic carbocycles. The number of carbonyl (C=O) groups excluding carboxylic acids is 1. The lowest BCUT2D eigenvalue weighted by Crippen LogP contribution is -2.15. The fourth-order valence-electron chi connectivity index (χ4n) is 2.85. The first-order valence-corrected chi connectivity index (χ1v) is 11.7. The van der Waals surface area contributed by atoms with Gasteiger partial charge in [0.1, 0.15) is 12.4 Å². The van der Waals surface area contributed by atoms with Crippen LogP contribution in [0.25, 0.3) is 0 Å². The second-order valence-corrected chi connectivity index (χ2v) is 9.06. The first-order chi connectivity index (χ1) is 15.4. The number of anilines is 1. The van der Waals surface area contributed by atoms with Gasteiger partial charge < -0.3 is 10.1 Å². The van der Waals surface area contributed by atoms with Crippen molar-refractivity contribution in [3.05, 3.63) is 76.6 Å². The average molecular weight is 491 g/mol. The highest BCUT2D eigenvalue weighted by molar-refractivity contribution is 7.99. The van der Waals surface area contributed by atoms with Crippen LogP contribution in [0, 0.1) is 0 Å². The molecule has 0 bridgehead atoms. The number of halogens is 2. The summed E-state index contributed by atoms with van der Waals surface area (Å²) in [5.74, 6) is 1.81. The first-order valence-electron chi connectivity index (χ1n) is 10.0. The first kappa shape index (κ1) is 24.2. The molecular weight excluding hydrogens is 467 g/mol. The van der Waals surface area contributed by atoms with Crippen LogP contribution in [-0.2, 0) is 17.9 Å². The van der Waals surface area contributed by atoms with E-state index in [1.54, 1.807) is 24.3 Å². The van der Waals surface area contributed by atoms with Gasteiger partial charge >= 0.3 is 0 Å². The molecule has 32 heavy (non-hydrogen) atoms. The smallest absolute Gasteiger partial charge is 0.234 e. The standard InChI is InChI=1S/C23H24Cl2N4O2S/c1-4-11-29-21(13-31-18-8-5-16(6-9-18)15(2)3)27-28-23(29)32-14-22(30)26-20-10-7-17(24)12-19(20)25/h4-10,12,15H,1,11,13-14H2,2-3H3,(H,26,30). The van der Waals surface area contributed by atoms with E-state index < -0.39 is 0 Å². The van der Waals surface area contributed by atoms with Crippen LogP contribution < -0.4 is 10.1 Å². The van der Waals surface area contributed by atoms with E-state index in [1.165, 1.54) is 17.3 Å². The molecule has 0 spiro atoms. The van der Waals surface area contributed by atoms with E-state index in [1.807, 2.05) is 16.7 Å². The van der Waals surface area contributed by atoms with Crippen molar-refractivity contribution in [1.82, 2.24) is 14.8 Å². The number of rotatable bonds is 10. The van der Waals surface area contributed by atoms with E-state index >= 15 is 0 Å². The van der Waals surface area contributed by atoms with Gasteiger partial charge in [0.15, 0.2) is 11.0 Å². The molecule has 1 aromatic heterocycles. The third kappa shape index (κ3) is 6.51. The molecule has 0 aliphatic rings. The summed E-state index contributed by atoms with van der Waals surface area (Å²) in [5.41, 5.74) is 1.76. The molecular formula is C23H24Cl2N4O2S. The molecule has 0 atom stereocenters. The van der Waals surface area contributed by atoms with Crippen molar-refractivity contribution in [3.8, 4) is 5.75 Å². The van der Waals surface area contributed by atoms with E-state index in [0.717, 1.165) is 5.75 Å². The van der Waals surface area contributed by atoms with Crippen LogP contribution in [0.15, 0.2) is 60.3 Å². The van der Waals surface area contributed by atoms with Gasteiger partial charge in [0.2, 0.25) is 5.91 Å². The van der Waals surface area contributed by atoms with Crippen LogP contribution in [0.3, 0.4) is 0 Å². The normalized spacial score (nSPS) is 10.9. The van der Waals surface area contributed by atoms with E-state index in [9.17, 15) is 4.79 Å². The van der Waals surface area contributed by atoms with E-state index in [2.05, 4.69) is 48.1 Å². The Balaban J connectivity index is 1.61. The molecule has 1 heterocycles. The summed E-state index contributed by atoms with van der Waals surface area (Å²) < 4.78 is 7.76. The summed E-state index contributed by atoms with van der Waals surface area (Å²) in [6.45, 7) is 8.86. The lowest BCUT2D eigenvalue weighted by Gasteiger charge is -2.11. The van der Waals surface area contributed by atoms with Gasteiger partial charge in [0.25, 0.3) is 0 Å². The number of hydrogen-bond donors (Lipinski definition) is 1. The predicted molar refractivity (Wildman–Crippen MR) is 131 cm³/mol. The number of allylic oxidation sites excluding steroid dienone is 1. The molecule has 0 aliphatic carbocycles. The summed E-state index contributed by atoms with van der Waals surface area (Å²) in [6.07, 6.45) is 1.75. The lowest BCUT2D eigenvalue weighted by atomic mass is 10.0. The van der Waals surface area contributed by atoms with E-state index in [0.29, 0.717) is 39.2 Å². The molecule has 0 fully saturated rings. The maximum atomic E-state index is 12.4. The van der Waals surface area contributed by atoms with Crippen LogP contribution in [0.4, 0.5) is 5.69 Å². The molecule has 0 saturated heterocycles. The highest BCUT2D eigenvalue weighted by atomic mass is 35.5. The molecule has 9 heteroatoms. The third-order valence-corrected chi connectivity index (χ3v) is 6.07. The van der Waals surface area contributed by atoms with Gasteiger partial charge in [-0.15, -0.1) is 16.8 Å². The number of amides is 1. The highest BCUT2D eigenvalue weighted by Gasteiger charge is 2.15. The fourth-order valence-corrected chi connectivity index (χ4v) is 4.07. The third-order valence-electron chi connectivity index (χ3n) is 4.56. The summed E-state index contributed by atoms with van der Waals surface area (Å²) in [6, 6.07) is 12.9. The Morgan fingerprint density at radius 2 is 1.97 bits per heavy atom. The molecule has 168 valence electrons. The number of aromatic nitrogens is 3. The second kappa shape index (κ2) is 11.4. The number of nitrogens with one attached hydrogen (secondary N) is 1. The van der Waals surface area contributed by atoms with E-state index in [-0.39, 0.29) is 18.3 Å². The number of ether oxygens (including phenoxy) is 1. The van der Waals surface area contributed by atoms with Crippen LogP contribution in [0.1, 0.15) is 31.2 Å². The minimum Gasteiger partial charge on any atom is -0.486 e. The van der Waals surface area contributed by atoms with Crippen molar-refractivity contribution in [1.29, 1.82) is 0 Å². The summed E-state index contributed by atoms with van der Waals surface area (Å²) >= 11 is 13.3. The van der Waals surface area contributed by atoms with Crippen LogP contribution >= 0.6 is 35.0 Å². The zero-order valence-corrected chi connectivity index (χ0v) is 20.2. The average Bonchev–Trinajstić information content (AvgIpc) is 3.15. The minimum atomic E-state index is -0.213. The Kier molecular flexibility index (Phi) is 8.61. The zero-order valence-electron chi connectivity index (χ0n) is 17.8. The van der Waals surface area contributed by atoms with Gasteiger partial charge in [-0.2, -0.15) is 0 Å². The van der Waals surface area contributed by atoms with Gasteiger partial charge in [-0.1, -0.05) is 67.0 Å². The molecule has 0 unspecified atom stereocenters. The largest absolute Gasteiger partial charge is 0.486 e. The highest BCUT2D eigenvalue weighted by Crippen LogP contribution is 2.26. The molecule has 1 N–H and O–H groups in total. The quantitative estimate of drug-likeness (QED) is 0.270. The van der Waals surface area contributed by atoms with Gasteiger partial charge in [-0.3, -0.25) is 9.36 Å². The Morgan fingerprint density at radius 3 is 2.62 bits per heavy atom. The number of carbonyl (C=O) groups is 1. The van der Waals surface area contributed by atoms with Crippen LogP contribution in [0.5, 0.6) is 5.75 Å². The maximum absolute atomic E-state index is 12.4. The van der Waals surface area contributed by atoms with Crippen molar-refractivity contribution in [2.45, 2.75) is 38.1 Å². The monoisotopic (exact) mass is 490 g/mol. The number of benzene rings is 2. The van der Waals surface area contributed by atoms with Gasteiger partial charge in [-0.25, -0.2) is 0 Å². The molecule has 3 rings (SSSR count). The van der Waals surface area contributed by atoms with Crippen molar-refractivity contribution >= 4 is 46.6 Å².